The Balaban J connectivity index is 2.02. The van der Waals surface area contributed by atoms with Gasteiger partial charge in [0.25, 0.3) is 0 Å². The van der Waals surface area contributed by atoms with Crippen molar-refractivity contribution in [1.29, 1.82) is 0 Å². The number of aromatic nitrogens is 2. The van der Waals surface area contributed by atoms with Gasteiger partial charge in [0.2, 0.25) is 5.88 Å². The van der Waals surface area contributed by atoms with Crippen molar-refractivity contribution in [1.82, 2.24) is 9.97 Å². The molecule has 2 aromatic heterocycles. The molecule has 0 N–H and O–H groups in total. The van der Waals surface area contributed by atoms with E-state index < -0.39 is 29.3 Å². The topological polar surface area (TPSA) is 52.1 Å². The molecule has 4 nitrogen and oxygen atoms in total. The summed E-state index contributed by atoms with van der Waals surface area (Å²) in [4.78, 5) is 20.6. The average molecular weight is 404 g/mol. The molecule has 1 aromatic carbocycles. The van der Waals surface area contributed by atoms with Gasteiger partial charge < -0.3 is 4.74 Å². The fourth-order valence-corrected chi connectivity index (χ4v) is 2.97. The van der Waals surface area contributed by atoms with E-state index in [2.05, 4.69) is 9.97 Å². The van der Waals surface area contributed by atoms with Crippen molar-refractivity contribution < 1.29 is 27.1 Å². The molecule has 2 heterocycles. The summed E-state index contributed by atoms with van der Waals surface area (Å²) in [6.45, 7) is 0. The number of hydrogen-bond acceptors (Lipinski definition) is 4. The molecular weight excluding hydrogens is 388 g/mol. The Kier molecular flexibility index (Phi) is 5.91. The minimum absolute atomic E-state index is 0.224. The fraction of sp³-hybridized carbons (Fsp3) is 0.190. The molecule has 3 rings (SSSR count). The Morgan fingerprint density at radius 3 is 2.38 bits per heavy atom. The number of methoxy groups -OCH3 is 1. The maximum absolute atomic E-state index is 13.5. The lowest BCUT2D eigenvalue weighted by Gasteiger charge is -2.21. The third-order valence-electron chi connectivity index (χ3n) is 4.40. The van der Waals surface area contributed by atoms with Crippen LogP contribution in [0.15, 0.2) is 60.9 Å². The average Bonchev–Trinajstić information content (AvgIpc) is 2.72. The zero-order valence-corrected chi connectivity index (χ0v) is 15.3. The van der Waals surface area contributed by atoms with Gasteiger partial charge in [0.05, 0.1) is 18.4 Å². The molecule has 0 fully saturated rings. The van der Waals surface area contributed by atoms with Crippen LogP contribution >= 0.6 is 0 Å². The van der Waals surface area contributed by atoms with Gasteiger partial charge in [-0.15, -0.1) is 0 Å². The highest BCUT2D eigenvalue weighted by Crippen LogP contribution is 2.38. The lowest BCUT2D eigenvalue weighted by Crippen LogP contribution is -2.17. The van der Waals surface area contributed by atoms with E-state index in [1.54, 1.807) is 0 Å². The maximum atomic E-state index is 13.5. The predicted octanol–water partition coefficient (Wildman–Crippen LogP) is 5.05. The summed E-state index contributed by atoms with van der Waals surface area (Å²) in [5, 5.41) is 0. The van der Waals surface area contributed by atoms with Gasteiger partial charge >= 0.3 is 6.18 Å². The minimum Gasteiger partial charge on any atom is -0.481 e. The Morgan fingerprint density at radius 1 is 1.07 bits per heavy atom. The molecule has 0 unspecified atom stereocenters. The van der Waals surface area contributed by atoms with E-state index in [0.29, 0.717) is 11.4 Å². The largest absolute Gasteiger partial charge is 0.481 e. The van der Waals surface area contributed by atoms with Gasteiger partial charge in [0, 0.05) is 36.4 Å². The molecular formula is C21H16F4N2O2. The quantitative estimate of drug-likeness (QED) is 0.426. The highest BCUT2D eigenvalue weighted by Gasteiger charge is 2.37. The molecule has 0 aliphatic carbocycles. The molecule has 0 aliphatic heterocycles. The second-order valence-electron chi connectivity index (χ2n) is 6.25. The molecule has 0 amide bonds. The van der Waals surface area contributed by atoms with Gasteiger partial charge in [-0.1, -0.05) is 12.1 Å². The second-order valence-corrected chi connectivity index (χ2v) is 6.25. The smallest absolute Gasteiger partial charge is 0.418 e. The number of pyridine rings is 2. The van der Waals surface area contributed by atoms with Crippen LogP contribution in [0.2, 0.25) is 0 Å². The standard InChI is InChI=1S/C21H16F4N2O2/c1-29-19-9-6-14(12-27-19)18(28)11-16(13-4-7-15(22)8-5-13)20-17(21(23,24)25)3-2-10-26-20/h2-10,12,16H,11H2,1H3/t16-/m0/s1. The van der Waals surface area contributed by atoms with Crippen LogP contribution in [-0.4, -0.2) is 22.9 Å². The number of carbonyl (C=O) groups excluding carboxylic acids is 1. The summed E-state index contributed by atoms with van der Waals surface area (Å²) in [6, 6.07) is 10.1. The van der Waals surface area contributed by atoms with Crippen molar-refractivity contribution in [2.75, 3.05) is 7.11 Å². The molecule has 29 heavy (non-hydrogen) atoms. The number of ether oxygens (including phenoxy) is 1. The summed E-state index contributed by atoms with van der Waals surface area (Å²) in [6.07, 6.45) is -2.40. The van der Waals surface area contributed by atoms with Crippen molar-refractivity contribution in [2.24, 2.45) is 0 Å². The van der Waals surface area contributed by atoms with E-state index in [4.69, 9.17) is 4.74 Å². The molecule has 0 aliphatic rings. The van der Waals surface area contributed by atoms with Gasteiger partial charge in [-0.05, 0) is 35.9 Å². The number of nitrogens with zero attached hydrogens (tertiary/aromatic N) is 2. The van der Waals surface area contributed by atoms with Crippen LogP contribution in [0, 0.1) is 5.82 Å². The van der Waals surface area contributed by atoms with Crippen LogP contribution in [-0.2, 0) is 6.18 Å². The predicted molar refractivity (Wildman–Crippen MR) is 97.2 cm³/mol. The van der Waals surface area contributed by atoms with Gasteiger partial charge in [-0.3, -0.25) is 9.78 Å². The Bertz CT molecular complexity index is 987. The molecule has 0 spiro atoms. The normalized spacial score (nSPS) is 12.4. The van der Waals surface area contributed by atoms with E-state index >= 15 is 0 Å². The number of halogens is 4. The Morgan fingerprint density at radius 2 is 1.79 bits per heavy atom. The molecule has 3 aromatic rings. The van der Waals surface area contributed by atoms with Crippen LogP contribution in [0.1, 0.15) is 39.5 Å². The summed E-state index contributed by atoms with van der Waals surface area (Å²) in [7, 11) is 1.42. The zero-order valence-electron chi connectivity index (χ0n) is 15.3. The Labute approximate surface area is 164 Å². The first-order valence-electron chi connectivity index (χ1n) is 8.60. The molecule has 0 bridgehead atoms. The third-order valence-corrected chi connectivity index (χ3v) is 4.40. The van der Waals surface area contributed by atoms with Gasteiger partial charge in [-0.2, -0.15) is 13.2 Å². The van der Waals surface area contributed by atoms with E-state index in [1.165, 1.54) is 49.8 Å². The maximum Gasteiger partial charge on any atom is 0.418 e. The van der Waals surface area contributed by atoms with Crippen LogP contribution < -0.4 is 4.74 Å². The van der Waals surface area contributed by atoms with E-state index in [1.807, 2.05) is 0 Å². The van der Waals surface area contributed by atoms with Crippen LogP contribution in [0.3, 0.4) is 0 Å². The highest BCUT2D eigenvalue weighted by atomic mass is 19.4. The second kappa shape index (κ2) is 8.38. The molecule has 0 saturated heterocycles. The third kappa shape index (κ3) is 4.77. The summed E-state index contributed by atoms with van der Waals surface area (Å²) < 4.78 is 58.8. The first-order valence-corrected chi connectivity index (χ1v) is 8.60. The van der Waals surface area contributed by atoms with E-state index in [0.717, 1.165) is 18.2 Å². The van der Waals surface area contributed by atoms with E-state index in [-0.39, 0.29) is 17.7 Å². The van der Waals surface area contributed by atoms with Gasteiger partial charge in [0.1, 0.15) is 5.82 Å². The van der Waals surface area contributed by atoms with Crippen LogP contribution in [0.5, 0.6) is 5.88 Å². The SMILES string of the molecule is COc1ccc(C(=O)C[C@@H](c2ccc(F)cc2)c2ncccc2C(F)(F)F)cn1. The first kappa shape index (κ1) is 20.4. The molecule has 150 valence electrons. The number of alkyl halides is 3. The lowest BCUT2D eigenvalue weighted by molar-refractivity contribution is -0.138. The van der Waals surface area contributed by atoms with Crippen molar-refractivity contribution >= 4 is 5.78 Å². The van der Waals surface area contributed by atoms with Crippen molar-refractivity contribution in [3.63, 3.8) is 0 Å². The highest BCUT2D eigenvalue weighted by molar-refractivity contribution is 5.96. The number of ketones is 1. The fourth-order valence-electron chi connectivity index (χ4n) is 2.97. The van der Waals surface area contributed by atoms with Crippen molar-refractivity contribution in [3.8, 4) is 5.88 Å². The summed E-state index contributed by atoms with van der Waals surface area (Å²) in [5.41, 5.74) is -0.649. The number of hydrogen-bond donors (Lipinski definition) is 0. The molecule has 0 saturated carbocycles. The summed E-state index contributed by atoms with van der Waals surface area (Å²) in [5.74, 6) is -1.66. The molecule has 0 radical (unpaired) electrons. The first-order chi connectivity index (χ1) is 13.8. The van der Waals surface area contributed by atoms with E-state index in [9.17, 15) is 22.4 Å². The minimum atomic E-state index is -4.65. The number of Topliss-reactive ketones (excluding diaryl/α,β-unsaturated/α-hetero) is 1. The zero-order chi connectivity index (χ0) is 21.0. The molecule has 1 atom stereocenters. The van der Waals surface area contributed by atoms with Crippen molar-refractivity contribution in [2.45, 2.75) is 18.5 Å². The monoisotopic (exact) mass is 404 g/mol. The number of rotatable bonds is 6. The lowest BCUT2D eigenvalue weighted by atomic mass is 9.86. The Hall–Kier alpha value is -3.29. The molecule has 8 heteroatoms. The van der Waals surface area contributed by atoms with Crippen LogP contribution in [0.4, 0.5) is 17.6 Å². The van der Waals surface area contributed by atoms with Crippen LogP contribution in [0.25, 0.3) is 0 Å². The number of carbonyl (C=O) groups is 1. The van der Waals surface area contributed by atoms with Crippen molar-refractivity contribution in [3.05, 3.63) is 89.1 Å². The van der Waals surface area contributed by atoms with Gasteiger partial charge in [0.15, 0.2) is 5.78 Å². The number of benzene rings is 1. The van der Waals surface area contributed by atoms with Gasteiger partial charge in [-0.25, -0.2) is 9.37 Å². The summed E-state index contributed by atoms with van der Waals surface area (Å²) >= 11 is 0.